The van der Waals surface area contributed by atoms with Crippen LogP contribution >= 0.6 is 0 Å². The van der Waals surface area contributed by atoms with Gasteiger partial charge in [-0.15, -0.1) is 5.10 Å². The van der Waals surface area contributed by atoms with Crippen LogP contribution in [0.5, 0.6) is 0 Å². The Bertz CT molecular complexity index is 542. The summed E-state index contributed by atoms with van der Waals surface area (Å²) in [6, 6.07) is 7.69. The molecule has 0 unspecified atom stereocenters. The first kappa shape index (κ1) is 10.3. The zero-order valence-corrected chi connectivity index (χ0v) is 9.54. The second-order valence-corrected chi connectivity index (χ2v) is 4.32. The molecule has 1 aromatic heterocycles. The van der Waals surface area contributed by atoms with Crippen molar-refractivity contribution < 1.29 is 4.79 Å². The van der Waals surface area contributed by atoms with Gasteiger partial charge in [0.1, 0.15) is 12.1 Å². The van der Waals surface area contributed by atoms with Crippen LogP contribution in [0, 0.1) is 0 Å². The van der Waals surface area contributed by atoms with E-state index in [1.165, 1.54) is 0 Å². The maximum absolute atomic E-state index is 12.0. The number of carbonyl (C=O) groups is 1. The van der Waals surface area contributed by atoms with Gasteiger partial charge in [0.15, 0.2) is 0 Å². The third kappa shape index (κ3) is 1.88. The molecule has 88 valence electrons. The van der Waals surface area contributed by atoms with Gasteiger partial charge < -0.3 is 4.90 Å². The Balaban J connectivity index is 1.82. The monoisotopic (exact) mass is 230 g/mol. The number of rotatable bonds is 2. The topological polar surface area (TPSA) is 51.0 Å². The molecular weight excluding hydrogens is 216 g/mol. The smallest absolute Gasteiger partial charge is 0.244 e. The fourth-order valence-electron chi connectivity index (χ4n) is 2.23. The SMILES string of the molecule is O=C(Cn1nnc2ccccc21)N1CCCC1. The highest BCUT2D eigenvalue weighted by atomic mass is 16.2. The Hall–Kier alpha value is -1.91. The molecule has 1 aromatic carbocycles. The van der Waals surface area contributed by atoms with Crippen LogP contribution in [0.1, 0.15) is 12.8 Å². The normalized spacial score (nSPS) is 15.6. The molecule has 5 heteroatoms. The standard InChI is InChI=1S/C12H14N4O/c17-12(15-7-3-4-8-15)9-16-11-6-2-1-5-10(11)13-14-16/h1-2,5-6H,3-4,7-9H2. The Kier molecular flexibility index (Phi) is 2.51. The molecule has 1 amide bonds. The van der Waals surface area contributed by atoms with Crippen molar-refractivity contribution in [3.63, 3.8) is 0 Å². The van der Waals surface area contributed by atoms with Crippen molar-refractivity contribution in [3.8, 4) is 0 Å². The van der Waals surface area contributed by atoms with Crippen molar-refractivity contribution >= 4 is 16.9 Å². The molecule has 1 aliphatic rings. The van der Waals surface area contributed by atoms with E-state index >= 15 is 0 Å². The Morgan fingerprint density at radius 1 is 1.24 bits per heavy atom. The molecule has 2 heterocycles. The van der Waals surface area contributed by atoms with E-state index in [1.807, 2.05) is 29.2 Å². The van der Waals surface area contributed by atoms with E-state index in [0.29, 0.717) is 6.54 Å². The summed E-state index contributed by atoms with van der Waals surface area (Å²) in [6.07, 6.45) is 2.23. The lowest BCUT2D eigenvalue weighted by Crippen LogP contribution is -2.31. The minimum Gasteiger partial charge on any atom is -0.341 e. The molecule has 1 saturated heterocycles. The maximum atomic E-state index is 12.0. The van der Waals surface area contributed by atoms with Gasteiger partial charge >= 0.3 is 0 Å². The molecule has 17 heavy (non-hydrogen) atoms. The molecule has 0 aliphatic carbocycles. The van der Waals surface area contributed by atoms with Gasteiger partial charge in [-0.05, 0) is 25.0 Å². The van der Waals surface area contributed by atoms with Crippen LogP contribution in [0.4, 0.5) is 0 Å². The summed E-state index contributed by atoms with van der Waals surface area (Å²) in [5, 5.41) is 8.07. The van der Waals surface area contributed by atoms with Crippen LogP contribution in [0.25, 0.3) is 11.0 Å². The number of nitrogens with zero attached hydrogens (tertiary/aromatic N) is 4. The van der Waals surface area contributed by atoms with Crippen molar-refractivity contribution in [1.29, 1.82) is 0 Å². The van der Waals surface area contributed by atoms with E-state index in [0.717, 1.165) is 37.0 Å². The summed E-state index contributed by atoms with van der Waals surface area (Å²) < 4.78 is 1.68. The minimum absolute atomic E-state index is 0.137. The molecule has 0 radical (unpaired) electrons. The third-order valence-corrected chi connectivity index (χ3v) is 3.16. The molecule has 0 bridgehead atoms. The Labute approximate surface area is 99.0 Å². The summed E-state index contributed by atoms with van der Waals surface area (Å²) in [4.78, 5) is 13.9. The van der Waals surface area contributed by atoms with E-state index in [1.54, 1.807) is 4.68 Å². The number of para-hydroxylation sites is 1. The first-order valence-corrected chi connectivity index (χ1v) is 5.90. The molecule has 5 nitrogen and oxygen atoms in total. The van der Waals surface area contributed by atoms with Crippen LogP contribution < -0.4 is 0 Å². The van der Waals surface area contributed by atoms with Crippen molar-refractivity contribution in [2.45, 2.75) is 19.4 Å². The zero-order chi connectivity index (χ0) is 11.7. The predicted molar refractivity (Wildman–Crippen MR) is 63.3 cm³/mol. The summed E-state index contributed by atoms with van der Waals surface area (Å²) in [5.41, 5.74) is 1.75. The van der Waals surface area contributed by atoms with Gasteiger partial charge in [-0.1, -0.05) is 17.3 Å². The van der Waals surface area contributed by atoms with Gasteiger partial charge in [0.05, 0.1) is 5.52 Å². The fourth-order valence-corrected chi connectivity index (χ4v) is 2.23. The first-order chi connectivity index (χ1) is 8.34. The van der Waals surface area contributed by atoms with E-state index < -0.39 is 0 Å². The number of amides is 1. The summed E-state index contributed by atoms with van der Waals surface area (Å²) >= 11 is 0. The average molecular weight is 230 g/mol. The lowest BCUT2D eigenvalue weighted by atomic mass is 10.3. The molecule has 1 fully saturated rings. The predicted octanol–water partition coefficient (Wildman–Crippen LogP) is 1.05. The van der Waals surface area contributed by atoms with Gasteiger partial charge in [-0.25, -0.2) is 4.68 Å². The Morgan fingerprint density at radius 3 is 2.82 bits per heavy atom. The fraction of sp³-hybridized carbons (Fsp3) is 0.417. The van der Waals surface area contributed by atoms with E-state index in [-0.39, 0.29) is 5.91 Å². The summed E-state index contributed by atoms with van der Waals surface area (Å²) in [5.74, 6) is 0.137. The lowest BCUT2D eigenvalue weighted by molar-refractivity contribution is -0.130. The quantitative estimate of drug-likeness (QED) is 0.775. The number of hydrogen-bond donors (Lipinski definition) is 0. The van der Waals surface area contributed by atoms with Gasteiger partial charge in [-0.2, -0.15) is 0 Å². The molecule has 0 N–H and O–H groups in total. The third-order valence-electron chi connectivity index (χ3n) is 3.16. The highest BCUT2D eigenvalue weighted by Gasteiger charge is 2.19. The molecular formula is C12H14N4O. The Morgan fingerprint density at radius 2 is 2.00 bits per heavy atom. The highest BCUT2D eigenvalue weighted by Crippen LogP contribution is 2.12. The van der Waals surface area contributed by atoms with Crippen molar-refractivity contribution in [3.05, 3.63) is 24.3 Å². The number of benzene rings is 1. The molecule has 3 rings (SSSR count). The van der Waals surface area contributed by atoms with E-state index in [9.17, 15) is 4.79 Å². The minimum atomic E-state index is 0.137. The second-order valence-electron chi connectivity index (χ2n) is 4.32. The molecule has 1 aliphatic heterocycles. The number of carbonyl (C=O) groups excluding carboxylic acids is 1. The van der Waals surface area contributed by atoms with Gasteiger partial charge in [0.2, 0.25) is 5.91 Å². The highest BCUT2D eigenvalue weighted by molar-refractivity contribution is 5.79. The molecule has 2 aromatic rings. The summed E-state index contributed by atoms with van der Waals surface area (Å²) in [7, 11) is 0. The first-order valence-electron chi connectivity index (χ1n) is 5.90. The van der Waals surface area contributed by atoms with Crippen LogP contribution in [0.3, 0.4) is 0 Å². The van der Waals surface area contributed by atoms with E-state index in [2.05, 4.69) is 10.3 Å². The van der Waals surface area contributed by atoms with Gasteiger partial charge in [0.25, 0.3) is 0 Å². The van der Waals surface area contributed by atoms with Crippen molar-refractivity contribution in [2.24, 2.45) is 0 Å². The van der Waals surface area contributed by atoms with Crippen molar-refractivity contribution in [1.82, 2.24) is 19.9 Å². The van der Waals surface area contributed by atoms with Crippen LogP contribution in [0.15, 0.2) is 24.3 Å². The molecule has 0 spiro atoms. The second kappa shape index (κ2) is 4.16. The van der Waals surface area contributed by atoms with Crippen molar-refractivity contribution in [2.75, 3.05) is 13.1 Å². The summed E-state index contributed by atoms with van der Waals surface area (Å²) in [6.45, 7) is 2.05. The number of hydrogen-bond acceptors (Lipinski definition) is 3. The van der Waals surface area contributed by atoms with Crippen LogP contribution in [0.2, 0.25) is 0 Å². The van der Waals surface area contributed by atoms with Crippen LogP contribution in [-0.2, 0) is 11.3 Å². The lowest BCUT2D eigenvalue weighted by Gasteiger charge is -2.14. The largest absolute Gasteiger partial charge is 0.341 e. The van der Waals surface area contributed by atoms with Crippen LogP contribution in [-0.4, -0.2) is 38.9 Å². The molecule has 0 atom stereocenters. The number of likely N-dealkylation sites (tertiary alicyclic amines) is 1. The molecule has 0 saturated carbocycles. The average Bonchev–Trinajstić information content (AvgIpc) is 2.98. The number of fused-ring (bicyclic) bond motifs is 1. The van der Waals surface area contributed by atoms with E-state index in [4.69, 9.17) is 0 Å². The van der Waals surface area contributed by atoms with Gasteiger partial charge in [0, 0.05) is 13.1 Å². The zero-order valence-electron chi connectivity index (χ0n) is 9.54. The van der Waals surface area contributed by atoms with Gasteiger partial charge in [-0.3, -0.25) is 4.79 Å². The maximum Gasteiger partial charge on any atom is 0.244 e. The number of aromatic nitrogens is 3.